The Bertz CT molecular complexity index is 658. The van der Waals surface area contributed by atoms with Gasteiger partial charge in [-0.3, -0.25) is 4.90 Å². The zero-order valence-electron chi connectivity index (χ0n) is 10.7. The summed E-state index contributed by atoms with van der Waals surface area (Å²) in [5, 5.41) is 0. The number of hydrogen-bond acceptors (Lipinski definition) is 5. The lowest BCUT2D eigenvalue weighted by atomic mass is 10.1. The van der Waals surface area contributed by atoms with Crippen LogP contribution >= 0.6 is 22.9 Å². The molecule has 0 saturated heterocycles. The summed E-state index contributed by atoms with van der Waals surface area (Å²) >= 11 is 7.18. The number of nitrogens with zero attached hydrogens (tertiary/aromatic N) is 4. The van der Waals surface area contributed by atoms with Crippen LogP contribution in [0.1, 0.15) is 22.0 Å². The van der Waals surface area contributed by atoms with Gasteiger partial charge in [0, 0.05) is 48.9 Å². The molecular formula is C12H10ClF3N4S. The molecule has 21 heavy (non-hydrogen) atoms. The molecule has 0 radical (unpaired) electrons. The Labute approximate surface area is 127 Å². The summed E-state index contributed by atoms with van der Waals surface area (Å²) in [7, 11) is 0. The summed E-state index contributed by atoms with van der Waals surface area (Å²) in [5.41, 5.74) is 1.22. The molecule has 112 valence electrons. The fourth-order valence-corrected chi connectivity index (χ4v) is 3.24. The highest BCUT2D eigenvalue weighted by molar-refractivity contribution is 7.15. The van der Waals surface area contributed by atoms with Crippen molar-refractivity contribution in [2.24, 2.45) is 0 Å². The molecule has 0 aromatic carbocycles. The summed E-state index contributed by atoms with van der Waals surface area (Å²) in [6.07, 6.45) is -1.03. The summed E-state index contributed by atoms with van der Waals surface area (Å²) in [6, 6.07) is 0. The third kappa shape index (κ3) is 3.33. The highest BCUT2D eigenvalue weighted by Gasteiger charge is 2.35. The first kappa shape index (κ1) is 14.7. The lowest BCUT2D eigenvalue weighted by Crippen LogP contribution is -2.31. The van der Waals surface area contributed by atoms with Gasteiger partial charge in [-0.1, -0.05) is 11.6 Å². The van der Waals surface area contributed by atoms with E-state index in [1.165, 1.54) is 17.5 Å². The van der Waals surface area contributed by atoms with E-state index in [0.717, 1.165) is 10.4 Å². The fourth-order valence-electron chi connectivity index (χ4n) is 2.22. The van der Waals surface area contributed by atoms with E-state index in [1.54, 1.807) is 6.20 Å². The number of halogens is 4. The van der Waals surface area contributed by atoms with E-state index in [9.17, 15) is 13.2 Å². The summed E-state index contributed by atoms with van der Waals surface area (Å²) < 4.78 is 38.2. The molecular weight excluding hydrogens is 325 g/mol. The van der Waals surface area contributed by atoms with E-state index in [-0.39, 0.29) is 0 Å². The molecule has 3 heterocycles. The molecule has 0 amide bonds. The second kappa shape index (κ2) is 5.51. The smallest absolute Gasteiger partial charge is 0.293 e. The van der Waals surface area contributed by atoms with Crippen LogP contribution in [0.4, 0.5) is 13.2 Å². The number of aromatic nitrogens is 3. The van der Waals surface area contributed by atoms with E-state index in [0.29, 0.717) is 36.2 Å². The van der Waals surface area contributed by atoms with Crippen LogP contribution in [0.15, 0.2) is 12.4 Å². The minimum Gasteiger partial charge on any atom is -0.293 e. The second-order valence-corrected chi connectivity index (χ2v) is 6.40. The Morgan fingerprint density at radius 1 is 1.29 bits per heavy atom. The van der Waals surface area contributed by atoms with Crippen LogP contribution in [-0.2, 0) is 25.7 Å². The average molecular weight is 335 g/mol. The molecule has 1 aliphatic heterocycles. The largest absolute Gasteiger partial charge is 0.451 e. The molecule has 0 spiro atoms. The number of fused-ring (bicyclic) bond motifs is 1. The van der Waals surface area contributed by atoms with Crippen LogP contribution in [0.3, 0.4) is 0 Å². The van der Waals surface area contributed by atoms with Crippen molar-refractivity contribution in [1.82, 2.24) is 19.9 Å². The molecule has 0 aliphatic carbocycles. The molecule has 3 rings (SSSR count). The van der Waals surface area contributed by atoms with Crippen molar-refractivity contribution in [3.8, 4) is 0 Å². The predicted molar refractivity (Wildman–Crippen MR) is 72.0 cm³/mol. The fraction of sp³-hybridized carbons (Fsp3) is 0.417. The Morgan fingerprint density at radius 3 is 2.76 bits per heavy atom. The van der Waals surface area contributed by atoms with E-state index >= 15 is 0 Å². The van der Waals surface area contributed by atoms with E-state index in [1.807, 2.05) is 0 Å². The van der Waals surface area contributed by atoms with Gasteiger partial charge in [0.25, 0.3) is 0 Å². The van der Waals surface area contributed by atoms with Gasteiger partial charge in [0.05, 0.1) is 5.69 Å². The van der Waals surface area contributed by atoms with E-state index in [2.05, 4.69) is 19.9 Å². The van der Waals surface area contributed by atoms with Crippen LogP contribution in [0, 0.1) is 0 Å². The van der Waals surface area contributed by atoms with Crippen LogP contribution in [0.5, 0.6) is 0 Å². The van der Waals surface area contributed by atoms with Crippen molar-refractivity contribution in [3.05, 3.63) is 38.8 Å². The van der Waals surface area contributed by atoms with Gasteiger partial charge in [0.2, 0.25) is 5.82 Å². The first-order valence-electron chi connectivity index (χ1n) is 6.16. The van der Waals surface area contributed by atoms with Crippen molar-refractivity contribution in [1.29, 1.82) is 0 Å². The topological polar surface area (TPSA) is 41.9 Å². The van der Waals surface area contributed by atoms with E-state index in [4.69, 9.17) is 11.6 Å². The maximum absolute atomic E-state index is 12.6. The zero-order chi connectivity index (χ0) is 15.0. The Balaban J connectivity index is 1.74. The molecule has 2 aromatic heterocycles. The normalized spacial score (nSPS) is 16.0. The van der Waals surface area contributed by atoms with Gasteiger partial charge in [-0.05, 0) is 0 Å². The van der Waals surface area contributed by atoms with Gasteiger partial charge in [-0.25, -0.2) is 15.0 Å². The van der Waals surface area contributed by atoms with Crippen LogP contribution in [-0.4, -0.2) is 26.4 Å². The predicted octanol–water partition coefficient (Wildman–Crippen LogP) is 3.16. The number of thiazole rings is 1. The molecule has 0 bridgehead atoms. The molecule has 0 unspecified atom stereocenters. The molecule has 0 N–H and O–H groups in total. The highest BCUT2D eigenvalue weighted by atomic mass is 35.5. The molecule has 0 atom stereocenters. The second-order valence-electron chi connectivity index (χ2n) is 4.70. The van der Waals surface area contributed by atoms with Gasteiger partial charge in [-0.2, -0.15) is 13.2 Å². The summed E-state index contributed by atoms with van der Waals surface area (Å²) in [5.74, 6) is -1.07. The van der Waals surface area contributed by atoms with Crippen molar-refractivity contribution < 1.29 is 13.2 Å². The quantitative estimate of drug-likeness (QED) is 0.846. The number of hydrogen-bond donors (Lipinski definition) is 0. The maximum Gasteiger partial charge on any atom is 0.451 e. The summed E-state index contributed by atoms with van der Waals surface area (Å²) in [4.78, 5) is 14.2. The zero-order valence-corrected chi connectivity index (χ0v) is 12.3. The monoisotopic (exact) mass is 334 g/mol. The minimum absolute atomic E-state index is 0.480. The molecule has 0 saturated carbocycles. The average Bonchev–Trinajstić information content (AvgIpc) is 2.82. The van der Waals surface area contributed by atoms with Gasteiger partial charge < -0.3 is 0 Å². The molecule has 9 heteroatoms. The van der Waals surface area contributed by atoms with Crippen molar-refractivity contribution in [3.63, 3.8) is 0 Å². The number of rotatable bonds is 2. The summed E-state index contributed by atoms with van der Waals surface area (Å²) in [6.45, 7) is 1.85. The third-order valence-corrected chi connectivity index (χ3v) is 4.27. The first-order valence-corrected chi connectivity index (χ1v) is 7.36. The number of alkyl halides is 3. The lowest BCUT2D eigenvalue weighted by molar-refractivity contribution is -0.145. The maximum atomic E-state index is 12.6. The lowest BCUT2D eigenvalue weighted by Gasteiger charge is -2.27. The standard InChI is InChI=1S/C12H10ClF3N4S/c13-11-18-4-8(21-11)6-20-2-1-9-7(5-20)3-17-10(19-9)12(14,15)16/h3-4H,1-2,5-6H2. The Hall–Kier alpha value is -1.25. The third-order valence-electron chi connectivity index (χ3n) is 3.17. The molecule has 1 aliphatic rings. The van der Waals surface area contributed by atoms with Gasteiger partial charge in [0.15, 0.2) is 4.47 Å². The van der Waals surface area contributed by atoms with Crippen LogP contribution in [0.2, 0.25) is 4.47 Å². The molecule has 4 nitrogen and oxygen atoms in total. The first-order chi connectivity index (χ1) is 9.91. The van der Waals surface area contributed by atoms with Crippen LogP contribution < -0.4 is 0 Å². The van der Waals surface area contributed by atoms with Crippen LogP contribution in [0.25, 0.3) is 0 Å². The Morgan fingerprint density at radius 2 is 2.10 bits per heavy atom. The van der Waals surface area contributed by atoms with Crippen molar-refractivity contribution >= 4 is 22.9 Å². The SMILES string of the molecule is FC(F)(F)c1ncc2c(n1)CCN(Cc1cnc(Cl)s1)C2. The van der Waals surface area contributed by atoms with Gasteiger partial charge >= 0.3 is 6.18 Å². The van der Waals surface area contributed by atoms with E-state index < -0.39 is 12.0 Å². The van der Waals surface area contributed by atoms with Crippen molar-refractivity contribution in [2.75, 3.05) is 6.54 Å². The van der Waals surface area contributed by atoms with Gasteiger partial charge in [0.1, 0.15) is 0 Å². The molecule has 0 fully saturated rings. The highest BCUT2D eigenvalue weighted by Crippen LogP contribution is 2.28. The molecule has 2 aromatic rings. The van der Waals surface area contributed by atoms with Gasteiger partial charge in [-0.15, -0.1) is 11.3 Å². The Kier molecular flexibility index (Phi) is 3.85. The minimum atomic E-state index is -4.49. The van der Waals surface area contributed by atoms with Crippen molar-refractivity contribution in [2.45, 2.75) is 25.7 Å².